The van der Waals surface area contributed by atoms with Gasteiger partial charge in [0.15, 0.2) is 11.6 Å². The number of hydrogen-bond acceptors (Lipinski definition) is 3. The molecule has 3 nitrogen and oxygen atoms in total. The number of aryl methyl sites for hydroxylation is 1. The number of aromatic nitrogens is 2. The van der Waals surface area contributed by atoms with Crippen molar-refractivity contribution in [3.8, 4) is 11.3 Å². The molecule has 21 heavy (non-hydrogen) atoms. The average Bonchev–Trinajstić information content (AvgIpc) is 2.49. The molecular weight excluding hydrogens is 272 g/mol. The number of benzene rings is 1. The molecule has 0 unspecified atom stereocenters. The van der Waals surface area contributed by atoms with Crippen LogP contribution in [0.4, 0.5) is 14.6 Å². The van der Waals surface area contributed by atoms with Crippen molar-refractivity contribution in [2.75, 3.05) is 11.9 Å². The second-order valence-electron chi connectivity index (χ2n) is 4.87. The number of hydrogen-bond donors (Lipinski definition) is 1. The molecule has 112 valence electrons. The molecule has 0 fully saturated rings. The summed E-state index contributed by atoms with van der Waals surface area (Å²) in [6.07, 6.45) is 1.66. The van der Waals surface area contributed by atoms with Crippen LogP contribution in [0.1, 0.15) is 31.7 Å². The Hall–Kier alpha value is -2.04. The second kappa shape index (κ2) is 6.61. The van der Waals surface area contributed by atoms with Gasteiger partial charge in [-0.1, -0.05) is 13.8 Å². The van der Waals surface area contributed by atoms with Crippen LogP contribution in [0.3, 0.4) is 0 Å². The maximum absolute atomic E-state index is 13.4. The maximum atomic E-state index is 13.4. The Morgan fingerprint density at radius 3 is 2.48 bits per heavy atom. The van der Waals surface area contributed by atoms with E-state index in [0.29, 0.717) is 23.5 Å². The molecule has 0 aliphatic rings. The summed E-state index contributed by atoms with van der Waals surface area (Å²) in [5.41, 5.74) is 2.04. The lowest BCUT2D eigenvalue weighted by atomic mass is 10.1. The van der Waals surface area contributed by atoms with E-state index in [-0.39, 0.29) is 0 Å². The van der Waals surface area contributed by atoms with Gasteiger partial charge in [0.05, 0.1) is 5.69 Å². The third-order valence-electron chi connectivity index (χ3n) is 3.24. The van der Waals surface area contributed by atoms with Crippen molar-refractivity contribution in [2.45, 2.75) is 33.6 Å². The fourth-order valence-electron chi connectivity index (χ4n) is 2.06. The van der Waals surface area contributed by atoms with Crippen LogP contribution >= 0.6 is 0 Å². The van der Waals surface area contributed by atoms with Gasteiger partial charge in [-0.05, 0) is 31.5 Å². The van der Waals surface area contributed by atoms with Crippen molar-refractivity contribution >= 4 is 5.82 Å². The van der Waals surface area contributed by atoms with E-state index in [1.807, 2.05) is 13.8 Å². The fourth-order valence-corrected chi connectivity index (χ4v) is 2.06. The van der Waals surface area contributed by atoms with E-state index in [1.165, 1.54) is 12.1 Å². The number of halogens is 2. The minimum absolute atomic E-state index is 0.558. The zero-order valence-corrected chi connectivity index (χ0v) is 12.5. The van der Waals surface area contributed by atoms with Crippen LogP contribution in [0, 0.1) is 18.6 Å². The standard InChI is InChI=1S/C16H19F2N3/c1-4-8-19-16-10(3)15(20-14(5-2)21-16)11-6-7-12(17)13(18)9-11/h6-7,9H,4-5,8H2,1-3H3,(H,19,20,21). The molecule has 0 saturated heterocycles. The predicted octanol–water partition coefficient (Wildman–Crippen LogP) is 4.11. The van der Waals surface area contributed by atoms with Crippen LogP contribution in [-0.2, 0) is 6.42 Å². The molecule has 0 aliphatic carbocycles. The first-order valence-corrected chi connectivity index (χ1v) is 7.13. The van der Waals surface area contributed by atoms with E-state index in [9.17, 15) is 8.78 Å². The van der Waals surface area contributed by atoms with E-state index in [1.54, 1.807) is 0 Å². The minimum Gasteiger partial charge on any atom is -0.370 e. The molecule has 2 aromatic rings. The Morgan fingerprint density at radius 2 is 1.86 bits per heavy atom. The highest BCUT2D eigenvalue weighted by molar-refractivity contribution is 5.68. The highest BCUT2D eigenvalue weighted by Crippen LogP contribution is 2.27. The average molecular weight is 291 g/mol. The molecule has 0 bridgehead atoms. The summed E-state index contributed by atoms with van der Waals surface area (Å²) in [4.78, 5) is 8.92. The summed E-state index contributed by atoms with van der Waals surface area (Å²) in [6, 6.07) is 3.83. The summed E-state index contributed by atoms with van der Waals surface area (Å²) in [7, 11) is 0. The third kappa shape index (κ3) is 3.35. The summed E-state index contributed by atoms with van der Waals surface area (Å²) >= 11 is 0. The predicted molar refractivity (Wildman–Crippen MR) is 80.3 cm³/mol. The van der Waals surface area contributed by atoms with Gasteiger partial charge in [-0.2, -0.15) is 0 Å². The fraction of sp³-hybridized carbons (Fsp3) is 0.375. The minimum atomic E-state index is -0.869. The van der Waals surface area contributed by atoms with Gasteiger partial charge in [-0.15, -0.1) is 0 Å². The highest BCUT2D eigenvalue weighted by Gasteiger charge is 2.13. The monoisotopic (exact) mass is 291 g/mol. The lowest BCUT2D eigenvalue weighted by Gasteiger charge is -2.13. The molecule has 1 N–H and O–H groups in total. The maximum Gasteiger partial charge on any atom is 0.159 e. The van der Waals surface area contributed by atoms with E-state index < -0.39 is 11.6 Å². The molecule has 0 atom stereocenters. The van der Waals surface area contributed by atoms with E-state index >= 15 is 0 Å². The van der Waals surface area contributed by atoms with Crippen LogP contribution in [0.15, 0.2) is 18.2 Å². The van der Waals surface area contributed by atoms with Gasteiger partial charge in [0.1, 0.15) is 11.6 Å². The molecular formula is C16H19F2N3. The van der Waals surface area contributed by atoms with Gasteiger partial charge in [0.25, 0.3) is 0 Å². The first-order valence-electron chi connectivity index (χ1n) is 7.13. The van der Waals surface area contributed by atoms with Crippen molar-refractivity contribution in [1.82, 2.24) is 9.97 Å². The Labute approximate surface area is 123 Å². The van der Waals surface area contributed by atoms with Crippen LogP contribution in [0.5, 0.6) is 0 Å². The summed E-state index contributed by atoms with van der Waals surface area (Å²) in [5, 5.41) is 3.25. The first kappa shape index (κ1) is 15.4. The zero-order chi connectivity index (χ0) is 15.4. The SMILES string of the molecule is CCCNc1nc(CC)nc(-c2ccc(F)c(F)c2)c1C. The van der Waals surface area contributed by atoms with Crippen molar-refractivity contribution in [2.24, 2.45) is 0 Å². The number of nitrogens with zero attached hydrogens (tertiary/aromatic N) is 2. The van der Waals surface area contributed by atoms with Gasteiger partial charge < -0.3 is 5.32 Å². The van der Waals surface area contributed by atoms with Crippen LogP contribution < -0.4 is 5.32 Å². The number of anilines is 1. The molecule has 0 spiro atoms. The number of rotatable bonds is 5. The Kier molecular flexibility index (Phi) is 4.83. The molecule has 1 aromatic carbocycles. The van der Waals surface area contributed by atoms with Gasteiger partial charge in [-0.3, -0.25) is 0 Å². The first-order chi connectivity index (χ1) is 10.1. The highest BCUT2D eigenvalue weighted by atomic mass is 19.2. The van der Waals surface area contributed by atoms with Crippen molar-refractivity contribution in [3.63, 3.8) is 0 Å². The normalized spacial score (nSPS) is 10.7. The van der Waals surface area contributed by atoms with Crippen LogP contribution in [-0.4, -0.2) is 16.5 Å². The molecule has 5 heteroatoms. The summed E-state index contributed by atoms with van der Waals surface area (Å²) in [5.74, 6) is -0.292. The lowest BCUT2D eigenvalue weighted by molar-refractivity contribution is 0.509. The molecule has 0 saturated carbocycles. The molecule has 0 radical (unpaired) electrons. The Bertz CT molecular complexity index is 642. The Morgan fingerprint density at radius 1 is 1.10 bits per heavy atom. The zero-order valence-electron chi connectivity index (χ0n) is 12.5. The second-order valence-corrected chi connectivity index (χ2v) is 4.87. The molecule has 1 aromatic heterocycles. The van der Waals surface area contributed by atoms with Gasteiger partial charge in [0, 0.05) is 24.1 Å². The molecule has 0 aliphatic heterocycles. The topological polar surface area (TPSA) is 37.8 Å². The van der Waals surface area contributed by atoms with E-state index in [4.69, 9.17) is 0 Å². The largest absolute Gasteiger partial charge is 0.370 e. The Balaban J connectivity index is 2.52. The van der Waals surface area contributed by atoms with Gasteiger partial charge >= 0.3 is 0 Å². The lowest BCUT2D eigenvalue weighted by Crippen LogP contribution is -2.08. The number of nitrogens with one attached hydrogen (secondary N) is 1. The van der Waals surface area contributed by atoms with Crippen LogP contribution in [0.2, 0.25) is 0 Å². The quantitative estimate of drug-likeness (QED) is 0.900. The molecule has 2 rings (SSSR count). The third-order valence-corrected chi connectivity index (χ3v) is 3.24. The molecule has 0 amide bonds. The van der Waals surface area contributed by atoms with Crippen molar-refractivity contribution in [3.05, 3.63) is 41.2 Å². The molecule has 1 heterocycles. The van der Waals surface area contributed by atoms with Crippen molar-refractivity contribution < 1.29 is 8.78 Å². The van der Waals surface area contributed by atoms with E-state index in [2.05, 4.69) is 22.2 Å². The smallest absolute Gasteiger partial charge is 0.159 e. The van der Waals surface area contributed by atoms with E-state index in [0.717, 1.165) is 30.4 Å². The van der Waals surface area contributed by atoms with Crippen molar-refractivity contribution in [1.29, 1.82) is 0 Å². The summed E-state index contributed by atoms with van der Waals surface area (Å²) in [6.45, 7) is 6.72. The van der Waals surface area contributed by atoms with Crippen LogP contribution in [0.25, 0.3) is 11.3 Å². The summed E-state index contributed by atoms with van der Waals surface area (Å²) < 4.78 is 26.5. The van der Waals surface area contributed by atoms with Gasteiger partial charge in [0.2, 0.25) is 0 Å². The van der Waals surface area contributed by atoms with Gasteiger partial charge in [-0.25, -0.2) is 18.7 Å².